The molecule has 0 unspecified atom stereocenters. The number of rotatable bonds is 4. The molecule has 1 aromatic rings. The maximum absolute atomic E-state index is 5.87. The summed E-state index contributed by atoms with van der Waals surface area (Å²) in [5.41, 5.74) is 7.40. The third kappa shape index (κ3) is 1.82. The largest absolute Gasteiger partial charge is 0.469 e. The molecule has 1 fully saturated rings. The van der Waals surface area contributed by atoms with Crippen molar-refractivity contribution in [2.75, 3.05) is 13.6 Å². The van der Waals surface area contributed by atoms with Crippen molar-refractivity contribution in [2.24, 2.45) is 5.73 Å². The average molecular weight is 208 g/mol. The van der Waals surface area contributed by atoms with Crippen molar-refractivity contribution in [1.82, 2.24) is 4.90 Å². The number of hydrogen-bond acceptors (Lipinski definition) is 3. The molecule has 15 heavy (non-hydrogen) atoms. The van der Waals surface area contributed by atoms with E-state index in [1.807, 2.05) is 6.92 Å². The third-order valence-electron chi connectivity index (χ3n) is 3.85. The summed E-state index contributed by atoms with van der Waals surface area (Å²) in [5, 5.41) is 0. The van der Waals surface area contributed by atoms with Crippen LogP contribution in [0.4, 0.5) is 0 Å². The SMILES string of the molecule is Cc1occc1CN(C)C1(CN)CCC1. The average Bonchev–Trinajstić information content (AvgIpc) is 2.51. The molecule has 0 aromatic carbocycles. The van der Waals surface area contributed by atoms with E-state index in [2.05, 4.69) is 18.0 Å². The number of nitrogens with two attached hydrogens (primary N) is 1. The van der Waals surface area contributed by atoms with E-state index in [9.17, 15) is 0 Å². The Bertz CT molecular complexity index is 323. The van der Waals surface area contributed by atoms with Gasteiger partial charge >= 0.3 is 0 Å². The Morgan fingerprint density at radius 2 is 2.27 bits per heavy atom. The predicted molar refractivity (Wildman–Crippen MR) is 60.5 cm³/mol. The van der Waals surface area contributed by atoms with E-state index < -0.39 is 0 Å². The van der Waals surface area contributed by atoms with E-state index in [-0.39, 0.29) is 5.54 Å². The highest BCUT2D eigenvalue weighted by molar-refractivity contribution is 5.16. The van der Waals surface area contributed by atoms with Gasteiger partial charge < -0.3 is 10.2 Å². The Kier molecular flexibility index (Phi) is 2.85. The quantitative estimate of drug-likeness (QED) is 0.821. The zero-order valence-corrected chi connectivity index (χ0v) is 9.62. The van der Waals surface area contributed by atoms with Crippen molar-refractivity contribution in [3.8, 4) is 0 Å². The molecule has 0 saturated heterocycles. The first-order chi connectivity index (χ1) is 7.18. The highest BCUT2D eigenvalue weighted by Gasteiger charge is 2.39. The highest BCUT2D eigenvalue weighted by atomic mass is 16.3. The van der Waals surface area contributed by atoms with Crippen molar-refractivity contribution in [2.45, 2.75) is 38.3 Å². The fourth-order valence-corrected chi connectivity index (χ4v) is 2.33. The Morgan fingerprint density at radius 1 is 1.53 bits per heavy atom. The lowest BCUT2D eigenvalue weighted by atomic mass is 9.75. The van der Waals surface area contributed by atoms with Crippen molar-refractivity contribution >= 4 is 0 Å². The van der Waals surface area contributed by atoms with Crippen LogP contribution in [0.5, 0.6) is 0 Å². The molecular formula is C12H20N2O. The van der Waals surface area contributed by atoms with Gasteiger partial charge in [0.05, 0.1) is 6.26 Å². The smallest absolute Gasteiger partial charge is 0.105 e. The van der Waals surface area contributed by atoms with E-state index in [0.717, 1.165) is 18.8 Å². The molecule has 3 heteroatoms. The molecule has 0 radical (unpaired) electrons. The van der Waals surface area contributed by atoms with E-state index in [1.165, 1.54) is 24.8 Å². The topological polar surface area (TPSA) is 42.4 Å². The normalized spacial score (nSPS) is 19.2. The molecule has 2 rings (SSSR count). The van der Waals surface area contributed by atoms with Gasteiger partial charge in [0.25, 0.3) is 0 Å². The third-order valence-corrected chi connectivity index (χ3v) is 3.85. The zero-order valence-electron chi connectivity index (χ0n) is 9.62. The fraction of sp³-hybridized carbons (Fsp3) is 0.667. The number of furan rings is 1. The van der Waals surface area contributed by atoms with Gasteiger partial charge in [-0.3, -0.25) is 4.90 Å². The summed E-state index contributed by atoms with van der Waals surface area (Å²) in [5.74, 6) is 1.02. The van der Waals surface area contributed by atoms with Gasteiger partial charge in [-0.25, -0.2) is 0 Å². The lowest BCUT2D eigenvalue weighted by molar-refractivity contribution is 0.0395. The van der Waals surface area contributed by atoms with Crippen LogP contribution >= 0.6 is 0 Å². The maximum atomic E-state index is 5.87. The second-order valence-electron chi connectivity index (χ2n) is 4.64. The molecule has 1 aliphatic rings. The van der Waals surface area contributed by atoms with Crippen LogP contribution in [0.25, 0.3) is 0 Å². The molecular weight excluding hydrogens is 188 g/mol. The molecule has 3 nitrogen and oxygen atoms in total. The number of likely N-dealkylation sites (N-methyl/N-ethyl adjacent to an activating group) is 1. The molecule has 0 atom stereocenters. The summed E-state index contributed by atoms with van der Waals surface area (Å²) in [6.07, 6.45) is 5.54. The van der Waals surface area contributed by atoms with Crippen LogP contribution in [0.1, 0.15) is 30.6 Å². The number of nitrogens with zero attached hydrogens (tertiary/aromatic N) is 1. The second-order valence-corrected chi connectivity index (χ2v) is 4.64. The second kappa shape index (κ2) is 3.99. The first kappa shape index (κ1) is 10.7. The monoisotopic (exact) mass is 208 g/mol. The van der Waals surface area contributed by atoms with Crippen molar-refractivity contribution in [3.63, 3.8) is 0 Å². The molecule has 1 aliphatic carbocycles. The number of hydrogen-bond donors (Lipinski definition) is 1. The van der Waals surface area contributed by atoms with Gasteiger partial charge in [-0.05, 0) is 39.3 Å². The lowest BCUT2D eigenvalue weighted by Gasteiger charge is -2.48. The standard InChI is InChI=1S/C12H20N2O/c1-10-11(4-7-15-10)8-14(2)12(9-13)5-3-6-12/h4,7H,3,5-6,8-9,13H2,1-2H3. The molecule has 1 heterocycles. The minimum atomic E-state index is 0.254. The van der Waals surface area contributed by atoms with Crippen LogP contribution in [-0.4, -0.2) is 24.0 Å². The van der Waals surface area contributed by atoms with Gasteiger partial charge in [-0.1, -0.05) is 0 Å². The maximum Gasteiger partial charge on any atom is 0.105 e. The van der Waals surface area contributed by atoms with Gasteiger partial charge in [-0.2, -0.15) is 0 Å². The first-order valence-corrected chi connectivity index (χ1v) is 5.62. The molecule has 0 bridgehead atoms. The van der Waals surface area contributed by atoms with E-state index >= 15 is 0 Å². The van der Waals surface area contributed by atoms with E-state index in [4.69, 9.17) is 10.2 Å². The van der Waals surface area contributed by atoms with Gasteiger partial charge in [-0.15, -0.1) is 0 Å². The van der Waals surface area contributed by atoms with Crippen molar-refractivity contribution in [3.05, 3.63) is 23.7 Å². The van der Waals surface area contributed by atoms with Gasteiger partial charge in [0.15, 0.2) is 0 Å². The van der Waals surface area contributed by atoms with Crippen molar-refractivity contribution in [1.29, 1.82) is 0 Å². The molecule has 0 spiro atoms. The Hall–Kier alpha value is -0.800. The van der Waals surface area contributed by atoms with Gasteiger partial charge in [0, 0.05) is 24.2 Å². The van der Waals surface area contributed by atoms with Crippen LogP contribution < -0.4 is 5.73 Å². The molecule has 84 valence electrons. The predicted octanol–water partition coefficient (Wildman–Crippen LogP) is 1.90. The molecule has 0 amide bonds. The molecule has 0 aliphatic heterocycles. The summed E-state index contributed by atoms with van der Waals surface area (Å²) in [4.78, 5) is 2.38. The van der Waals surface area contributed by atoms with Crippen molar-refractivity contribution < 1.29 is 4.42 Å². The van der Waals surface area contributed by atoms with E-state index in [0.29, 0.717) is 0 Å². The molecule has 2 N–H and O–H groups in total. The van der Waals surface area contributed by atoms with Crippen LogP contribution in [0, 0.1) is 6.92 Å². The summed E-state index contributed by atoms with van der Waals surface area (Å²) >= 11 is 0. The first-order valence-electron chi connectivity index (χ1n) is 5.62. The Balaban J connectivity index is 2.03. The van der Waals surface area contributed by atoms with Crippen LogP contribution in [0.15, 0.2) is 16.7 Å². The summed E-state index contributed by atoms with van der Waals surface area (Å²) in [6.45, 7) is 3.72. The highest BCUT2D eigenvalue weighted by Crippen LogP contribution is 2.36. The van der Waals surface area contributed by atoms with Crippen LogP contribution in [0.3, 0.4) is 0 Å². The minimum absolute atomic E-state index is 0.254. The zero-order chi connectivity index (χ0) is 10.9. The molecule has 1 aromatic heterocycles. The fourth-order valence-electron chi connectivity index (χ4n) is 2.33. The van der Waals surface area contributed by atoms with Crippen LogP contribution in [0.2, 0.25) is 0 Å². The summed E-state index contributed by atoms with van der Waals surface area (Å²) in [6, 6.07) is 2.05. The minimum Gasteiger partial charge on any atom is -0.469 e. The summed E-state index contributed by atoms with van der Waals surface area (Å²) < 4.78 is 5.31. The van der Waals surface area contributed by atoms with Gasteiger partial charge in [0.1, 0.15) is 5.76 Å². The number of aryl methyl sites for hydroxylation is 1. The Morgan fingerprint density at radius 3 is 2.67 bits per heavy atom. The van der Waals surface area contributed by atoms with Gasteiger partial charge in [0.2, 0.25) is 0 Å². The van der Waals surface area contributed by atoms with E-state index in [1.54, 1.807) is 6.26 Å². The Labute approximate surface area is 91.2 Å². The lowest BCUT2D eigenvalue weighted by Crippen LogP contribution is -2.56. The van der Waals surface area contributed by atoms with Crippen LogP contribution in [-0.2, 0) is 6.54 Å². The molecule has 1 saturated carbocycles. The summed E-state index contributed by atoms with van der Waals surface area (Å²) in [7, 11) is 2.17.